The minimum atomic E-state index is -3.45. The fourth-order valence-electron chi connectivity index (χ4n) is 2.79. The van der Waals surface area contributed by atoms with Gasteiger partial charge in [0, 0.05) is 25.5 Å². The second-order valence-electron chi connectivity index (χ2n) is 5.90. The number of aryl methyl sites for hydroxylation is 1. The Kier molecular flexibility index (Phi) is 2.99. The molecule has 2 aliphatic carbocycles. The first-order valence-electron chi connectivity index (χ1n) is 6.73. The Morgan fingerprint density at radius 3 is 2.63 bits per heavy atom. The van der Waals surface area contributed by atoms with Crippen LogP contribution in [0.5, 0.6) is 0 Å². The van der Waals surface area contributed by atoms with Crippen molar-refractivity contribution in [2.45, 2.75) is 37.2 Å². The lowest BCUT2D eigenvalue weighted by Gasteiger charge is -2.14. The molecule has 2 aliphatic rings. The molecule has 2 fully saturated rings. The zero-order valence-corrected chi connectivity index (χ0v) is 11.9. The van der Waals surface area contributed by atoms with Crippen LogP contribution >= 0.6 is 0 Å². The highest BCUT2D eigenvalue weighted by molar-refractivity contribution is 7.89. The van der Waals surface area contributed by atoms with Gasteiger partial charge in [-0.2, -0.15) is 0 Å². The molecule has 0 aromatic carbocycles. The molecule has 1 aromatic heterocycles. The summed E-state index contributed by atoms with van der Waals surface area (Å²) in [7, 11) is -1.72. The molecule has 1 heterocycles. The van der Waals surface area contributed by atoms with E-state index in [1.54, 1.807) is 17.8 Å². The number of rotatable bonds is 6. The zero-order chi connectivity index (χ0) is 13.7. The van der Waals surface area contributed by atoms with Crippen molar-refractivity contribution in [3.8, 4) is 0 Å². The Morgan fingerprint density at radius 2 is 2.16 bits per heavy atom. The number of aromatic nitrogens is 1. The maximum absolute atomic E-state index is 12.2. The lowest BCUT2D eigenvalue weighted by Crippen LogP contribution is -2.31. The Morgan fingerprint density at radius 1 is 1.47 bits per heavy atom. The topological polar surface area (TPSA) is 71.3 Å². The molecule has 1 aromatic rings. The molecule has 3 rings (SSSR count). The average Bonchev–Trinajstić information content (AvgIpc) is 3.23. The summed E-state index contributed by atoms with van der Waals surface area (Å²) < 4.78 is 28.8. The first-order chi connectivity index (χ1) is 8.97. The molecular formula is C13H20N2O3S. The highest BCUT2D eigenvalue weighted by Crippen LogP contribution is 2.60. The van der Waals surface area contributed by atoms with Gasteiger partial charge in [-0.3, -0.25) is 0 Å². The van der Waals surface area contributed by atoms with E-state index in [9.17, 15) is 8.42 Å². The third-order valence-electron chi connectivity index (χ3n) is 4.50. The quantitative estimate of drug-likeness (QED) is 0.818. The van der Waals surface area contributed by atoms with Gasteiger partial charge in [0.1, 0.15) is 0 Å². The van der Waals surface area contributed by atoms with E-state index in [4.69, 9.17) is 5.11 Å². The van der Waals surface area contributed by atoms with Crippen LogP contribution < -0.4 is 4.72 Å². The van der Waals surface area contributed by atoms with Gasteiger partial charge in [-0.05, 0) is 43.1 Å². The van der Waals surface area contributed by atoms with Crippen LogP contribution in [0, 0.1) is 11.3 Å². The molecule has 5 nitrogen and oxygen atoms in total. The maximum atomic E-state index is 12.2. The van der Waals surface area contributed by atoms with Crippen LogP contribution in [0.2, 0.25) is 0 Å². The smallest absolute Gasteiger partial charge is 0.242 e. The van der Waals surface area contributed by atoms with Crippen LogP contribution in [0.15, 0.2) is 17.2 Å². The minimum absolute atomic E-state index is 0.155. The lowest BCUT2D eigenvalue weighted by atomic mass is 10.0. The summed E-state index contributed by atoms with van der Waals surface area (Å²) in [6.45, 7) is 0.404. The molecule has 6 heteroatoms. The Labute approximate surface area is 113 Å². The molecule has 2 saturated carbocycles. The fourth-order valence-corrected chi connectivity index (χ4v) is 4.02. The average molecular weight is 284 g/mol. The SMILES string of the molecule is Cn1cc(S(=O)(=O)NCC2(C3CC3)CC2)cc1CO. The highest BCUT2D eigenvalue weighted by Gasteiger charge is 2.53. The Bertz CT molecular complexity index is 583. The summed E-state index contributed by atoms with van der Waals surface area (Å²) >= 11 is 0. The Hall–Kier alpha value is -0.850. The largest absolute Gasteiger partial charge is 0.390 e. The number of aliphatic hydroxyl groups is 1. The number of hydrogen-bond acceptors (Lipinski definition) is 3. The van der Waals surface area contributed by atoms with E-state index >= 15 is 0 Å². The van der Waals surface area contributed by atoms with Crippen LogP contribution in [-0.2, 0) is 23.7 Å². The number of hydrogen-bond donors (Lipinski definition) is 2. The molecule has 0 atom stereocenters. The van der Waals surface area contributed by atoms with Crippen LogP contribution in [-0.4, -0.2) is 24.6 Å². The molecule has 106 valence electrons. The summed E-state index contributed by atoms with van der Waals surface area (Å²) in [5.74, 6) is 0.735. The fraction of sp³-hybridized carbons (Fsp3) is 0.692. The van der Waals surface area contributed by atoms with E-state index < -0.39 is 10.0 Å². The summed E-state index contributed by atoms with van der Waals surface area (Å²) in [6, 6.07) is 1.53. The molecular weight excluding hydrogens is 264 g/mol. The van der Waals surface area contributed by atoms with Crippen molar-refractivity contribution in [1.29, 1.82) is 0 Å². The monoisotopic (exact) mass is 284 g/mol. The van der Waals surface area contributed by atoms with Gasteiger partial charge >= 0.3 is 0 Å². The van der Waals surface area contributed by atoms with Gasteiger partial charge in [0.2, 0.25) is 10.0 Å². The van der Waals surface area contributed by atoms with Crippen molar-refractivity contribution in [2.24, 2.45) is 18.4 Å². The van der Waals surface area contributed by atoms with Crippen molar-refractivity contribution in [1.82, 2.24) is 9.29 Å². The molecule has 0 unspecified atom stereocenters. The van der Waals surface area contributed by atoms with E-state index in [0.717, 1.165) is 18.8 Å². The molecule has 0 bridgehead atoms. The van der Waals surface area contributed by atoms with Gasteiger partial charge in [-0.25, -0.2) is 13.1 Å². The van der Waals surface area contributed by atoms with Gasteiger partial charge in [0.05, 0.1) is 11.5 Å². The number of nitrogens with zero attached hydrogens (tertiary/aromatic N) is 1. The molecule has 0 amide bonds. The number of nitrogens with one attached hydrogen (secondary N) is 1. The molecule has 19 heavy (non-hydrogen) atoms. The maximum Gasteiger partial charge on any atom is 0.242 e. The Balaban J connectivity index is 1.71. The van der Waals surface area contributed by atoms with Crippen LogP contribution in [0.25, 0.3) is 0 Å². The second-order valence-corrected chi connectivity index (χ2v) is 7.66. The van der Waals surface area contributed by atoms with E-state index in [1.807, 2.05) is 0 Å². The van der Waals surface area contributed by atoms with Crippen molar-refractivity contribution in [3.63, 3.8) is 0 Å². The predicted molar refractivity (Wildman–Crippen MR) is 70.9 cm³/mol. The van der Waals surface area contributed by atoms with E-state index in [2.05, 4.69) is 4.72 Å². The third kappa shape index (κ3) is 2.44. The highest BCUT2D eigenvalue weighted by atomic mass is 32.2. The van der Waals surface area contributed by atoms with Crippen molar-refractivity contribution in [3.05, 3.63) is 18.0 Å². The summed E-state index contributed by atoms with van der Waals surface area (Å²) in [5, 5.41) is 9.11. The summed E-state index contributed by atoms with van der Waals surface area (Å²) in [5.41, 5.74) is 0.852. The van der Waals surface area contributed by atoms with Crippen molar-refractivity contribution >= 4 is 10.0 Å². The first kappa shape index (κ1) is 13.1. The van der Waals surface area contributed by atoms with Crippen molar-refractivity contribution in [2.75, 3.05) is 6.54 Å². The number of sulfonamides is 1. The van der Waals surface area contributed by atoms with Crippen LogP contribution in [0.3, 0.4) is 0 Å². The number of aliphatic hydroxyl groups excluding tert-OH is 1. The standard InChI is InChI=1S/C13H20N2O3S/c1-15-7-12(6-11(15)8-16)19(17,18)14-9-13(4-5-13)10-2-3-10/h6-7,10,14,16H,2-5,8-9H2,1H3. The normalized spacial score (nSPS) is 21.6. The van der Waals surface area contributed by atoms with Crippen molar-refractivity contribution < 1.29 is 13.5 Å². The third-order valence-corrected chi connectivity index (χ3v) is 5.87. The molecule has 0 radical (unpaired) electrons. The van der Waals surface area contributed by atoms with Gasteiger partial charge in [-0.1, -0.05) is 0 Å². The second kappa shape index (κ2) is 4.33. The van der Waals surface area contributed by atoms with E-state index in [-0.39, 0.29) is 16.9 Å². The molecule has 2 N–H and O–H groups in total. The predicted octanol–water partition coefficient (Wildman–Crippen LogP) is 0.986. The van der Waals surface area contributed by atoms with Gasteiger partial charge in [0.25, 0.3) is 0 Å². The summed E-state index contributed by atoms with van der Waals surface area (Å²) in [4.78, 5) is 0.241. The zero-order valence-electron chi connectivity index (χ0n) is 11.1. The van der Waals surface area contributed by atoms with Gasteiger partial charge < -0.3 is 9.67 Å². The van der Waals surface area contributed by atoms with Gasteiger partial charge in [-0.15, -0.1) is 0 Å². The van der Waals surface area contributed by atoms with Gasteiger partial charge in [0.15, 0.2) is 0 Å². The molecule has 0 aliphatic heterocycles. The lowest BCUT2D eigenvalue weighted by molar-refractivity contribution is 0.272. The summed E-state index contributed by atoms with van der Waals surface area (Å²) in [6.07, 6.45) is 6.35. The van der Waals surface area contributed by atoms with E-state index in [1.165, 1.54) is 18.9 Å². The first-order valence-corrected chi connectivity index (χ1v) is 8.21. The molecule has 0 spiro atoms. The van der Waals surface area contributed by atoms with E-state index in [0.29, 0.717) is 12.2 Å². The molecule has 0 saturated heterocycles. The van der Waals surface area contributed by atoms with Crippen LogP contribution in [0.4, 0.5) is 0 Å². The minimum Gasteiger partial charge on any atom is -0.390 e. The van der Waals surface area contributed by atoms with Crippen LogP contribution in [0.1, 0.15) is 31.4 Å².